The summed E-state index contributed by atoms with van der Waals surface area (Å²) in [4.78, 5) is 4.66. The van der Waals surface area contributed by atoms with Crippen molar-refractivity contribution in [3.8, 4) is 0 Å². The van der Waals surface area contributed by atoms with Crippen LogP contribution in [0.15, 0.2) is 35.6 Å². The van der Waals surface area contributed by atoms with Crippen LogP contribution >= 0.6 is 0 Å². The van der Waals surface area contributed by atoms with Crippen LogP contribution in [0.1, 0.15) is 5.56 Å². The van der Waals surface area contributed by atoms with Crippen LogP contribution in [0.2, 0.25) is 0 Å². The minimum Gasteiger partial charge on any atom is -0.399 e. The van der Waals surface area contributed by atoms with E-state index in [2.05, 4.69) is 26.7 Å². The van der Waals surface area contributed by atoms with E-state index in [9.17, 15) is 0 Å². The molecule has 0 amide bonds. The largest absolute Gasteiger partial charge is 0.399 e. The number of aryl methyl sites for hydroxylation is 1. The molecule has 0 saturated carbocycles. The second-order valence-corrected chi connectivity index (χ2v) is 3.13. The van der Waals surface area contributed by atoms with Gasteiger partial charge in [0.1, 0.15) is 7.11 Å². The van der Waals surface area contributed by atoms with E-state index in [1.165, 1.54) is 10.9 Å². The molecule has 0 saturated heterocycles. The van der Waals surface area contributed by atoms with E-state index < -0.39 is 0 Å². The molecule has 72 valence electrons. The van der Waals surface area contributed by atoms with Crippen LogP contribution in [0, 0.1) is 0 Å². The third-order valence-corrected chi connectivity index (χ3v) is 2.22. The van der Waals surface area contributed by atoms with Gasteiger partial charge < -0.3 is 9.40 Å². The number of para-hydroxylation sites is 1. The quantitative estimate of drug-likeness (QED) is 0.524. The number of hydrogen-bond acceptors (Lipinski definition) is 2. The molecule has 0 N–H and O–H groups in total. The molecule has 0 unspecified atom stereocenters. The summed E-state index contributed by atoms with van der Waals surface area (Å²) in [6.45, 7) is 0. The zero-order valence-corrected chi connectivity index (χ0v) is 8.27. The van der Waals surface area contributed by atoms with E-state index in [1.54, 1.807) is 13.3 Å². The number of hydrogen-bond donors (Lipinski definition) is 0. The van der Waals surface area contributed by atoms with E-state index in [0.717, 1.165) is 5.56 Å². The highest BCUT2D eigenvalue weighted by molar-refractivity contribution is 5.99. The number of aromatic nitrogens is 1. The van der Waals surface area contributed by atoms with Crippen molar-refractivity contribution in [2.24, 2.45) is 12.2 Å². The first kappa shape index (κ1) is 8.81. The molecule has 2 aromatic rings. The summed E-state index contributed by atoms with van der Waals surface area (Å²) in [5, 5.41) is 4.96. The fraction of sp³-hybridized carbons (Fsp3) is 0.182. The van der Waals surface area contributed by atoms with Crippen LogP contribution in [0.25, 0.3) is 10.9 Å². The van der Waals surface area contributed by atoms with E-state index in [-0.39, 0.29) is 0 Å². The number of nitrogens with zero attached hydrogens (tertiary/aromatic N) is 2. The molecular formula is C11H12N2O. The maximum Gasteiger partial charge on any atom is 0.106 e. The number of rotatable bonds is 2. The molecule has 0 bridgehead atoms. The average molecular weight is 188 g/mol. The molecule has 0 aliphatic carbocycles. The molecule has 1 heterocycles. The zero-order valence-electron chi connectivity index (χ0n) is 8.27. The predicted molar refractivity (Wildman–Crippen MR) is 57.5 cm³/mol. The van der Waals surface area contributed by atoms with Gasteiger partial charge in [0, 0.05) is 29.7 Å². The molecular weight excluding hydrogens is 176 g/mol. The Morgan fingerprint density at radius 1 is 1.36 bits per heavy atom. The van der Waals surface area contributed by atoms with Gasteiger partial charge in [0.15, 0.2) is 0 Å². The Kier molecular flexibility index (Phi) is 2.23. The average Bonchev–Trinajstić information content (AvgIpc) is 2.54. The molecule has 0 spiro atoms. The standard InChI is InChI=1S/C11H12N2O/c1-13-8-9(7-12-14-2)10-5-3-4-6-11(10)13/h3-8H,1-2H3/b12-7+. The molecule has 14 heavy (non-hydrogen) atoms. The normalized spacial score (nSPS) is 11.3. The fourth-order valence-electron chi connectivity index (χ4n) is 1.59. The lowest BCUT2D eigenvalue weighted by Gasteiger charge is -1.92. The van der Waals surface area contributed by atoms with Crippen molar-refractivity contribution in [1.82, 2.24) is 4.57 Å². The van der Waals surface area contributed by atoms with Gasteiger partial charge >= 0.3 is 0 Å². The molecule has 0 radical (unpaired) electrons. The van der Waals surface area contributed by atoms with Gasteiger partial charge in [-0.1, -0.05) is 23.4 Å². The number of fused-ring (bicyclic) bond motifs is 1. The van der Waals surface area contributed by atoms with Crippen LogP contribution in [0.3, 0.4) is 0 Å². The topological polar surface area (TPSA) is 26.5 Å². The van der Waals surface area contributed by atoms with Gasteiger partial charge in [0.05, 0.1) is 6.21 Å². The molecule has 0 aliphatic heterocycles. The zero-order chi connectivity index (χ0) is 9.97. The molecule has 2 rings (SSSR count). The molecule has 0 atom stereocenters. The Labute approximate surface area is 82.6 Å². The van der Waals surface area contributed by atoms with Crippen molar-refractivity contribution >= 4 is 17.1 Å². The van der Waals surface area contributed by atoms with E-state index in [4.69, 9.17) is 0 Å². The summed E-state index contributed by atoms with van der Waals surface area (Å²) >= 11 is 0. The van der Waals surface area contributed by atoms with Gasteiger partial charge in [-0.25, -0.2) is 0 Å². The van der Waals surface area contributed by atoms with Crippen molar-refractivity contribution in [2.45, 2.75) is 0 Å². The third kappa shape index (κ3) is 1.37. The van der Waals surface area contributed by atoms with E-state index in [0.29, 0.717) is 0 Å². The van der Waals surface area contributed by atoms with Gasteiger partial charge in [-0.2, -0.15) is 0 Å². The Morgan fingerprint density at radius 3 is 2.93 bits per heavy atom. The highest BCUT2D eigenvalue weighted by Gasteiger charge is 2.02. The smallest absolute Gasteiger partial charge is 0.106 e. The summed E-state index contributed by atoms with van der Waals surface area (Å²) in [7, 11) is 3.56. The Morgan fingerprint density at radius 2 is 2.14 bits per heavy atom. The predicted octanol–water partition coefficient (Wildman–Crippen LogP) is 2.16. The number of oxime groups is 1. The van der Waals surface area contributed by atoms with Crippen molar-refractivity contribution < 1.29 is 4.84 Å². The first-order valence-electron chi connectivity index (χ1n) is 4.43. The van der Waals surface area contributed by atoms with Crippen LogP contribution in [0.4, 0.5) is 0 Å². The van der Waals surface area contributed by atoms with Crippen LogP contribution in [-0.4, -0.2) is 17.9 Å². The van der Waals surface area contributed by atoms with Crippen LogP contribution in [-0.2, 0) is 11.9 Å². The summed E-state index contributed by atoms with van der Waals surface area (Å²) in [5.74, 6) is 0. The summed E-state index contributed by atoms with van der Waals surface area (Å²) in [6.07, 6.45) is 3.76. The second-order valence-electron chi connectivity index (χ2n) is 3.13. The molecule has 3 heteroatoms. The minimum absolute atomic E-state index is 1.07. The molecule has 3 nitrogen and oxygen atoms in total. The lowest BCUT2D eigenvalue weighted by molar-refractivity contribution is 0.215. The van der Waals surface area contributed by atoms with Gasteiger partial charge in [-0.3, -0.25) is 0 Å². The second kappa shape index (κ2) is 3.54. The van der Waals surface area contributed by atoms with Crippen molar-refractivity contribution in [1.29, 1.82) is 0 Å². The Hall–Kier alpha value is -1.77. The van der Waals surface area contributed by atoms with Crippen LogP contribution in [0.5, 0.6) is 0 Å². The molecule has 1 aromatic heterocycles. The first-order valence-corrected chi connectivity index (χ1v) is 4.43. The Balaban J connectivity index is 2.61. The van der Waals surface area contributed by atoms with Crippen molar-refractivity contribution in [3.63, 3.8) is 0 Å². The molecule has 0 fully saturated rings. The SMILES string of the molecule is CO/N=C/c1cn(C)c2ccccc12. The maximum absolute atomic E-state index is 4.66. The highest BCUT2D eigenvalue weighted by Crippen LogP contribution is 2.18. The molecule has 1 aromatic carbocycles. The Bertz CT molecular complexity index is 471. The third-order valence-electron chi connectivity index (χ3n) is 2.22. The maximum atomic E-state index is 4.66. The summed E-state index contributed by atoms with van der Waals surface area (Å²) in [5.41, 5.74) is 2.27. The fourth-order valence-corrected chi connectivity index (χ4v) is 1.59. The van der Waals surface area contributed by atoms with E-state index in [1.807, 2.05) is 25.4 Å². The number of benzene rings is 1. The summed E-state index contributed by atoms with van der Waals surface area (Å²) in [6, 6.07) is 8.21. The first-order chi connectivity index (χ1) is 6.83. The lowest BCUT2D eigenvalue weighted by atomic mass is 10.2. The van der Waals surface area contributed by atoms with Gasteiger partial charge in [0.2, 0.25) is 0 Å². The van der Waals surface area contributed by atoms with Gasteiger partial charge in [-0.05, 0) is 6.07 Å². The monoisotopic (exact) mass is 188 g/mol. The van der Waals surface area contributed by atoms with Crippen molar-refractivity contribution in [2.75, 3.05) is 7.11 Å². The minimum atomic E-state index is 1.07. The highest BCUT2D eigenvalue weighted by atomic mass is 16.6. The van der Waals surface area contributed by atoms with Gasteiger partial charge in [-0.15, -0.1) is 0 Å². The molecule has 0 aliphatic rings. The van der Waals surface area contributed by atoms with E-state index >= 15 is 0 Å². The summed E-state index contributed by atoms with van der Waals surface area (Å²) < 4.78 is 2.08. The van der Waals surface area contributed by atoms with Crippen molar-refractivity contribution in [3.05, 3.63) is 36.0 Å². The lowest BCUT2D eigenvalue weighted by Crippen LogP contribution is -1.82. The van der Waals surface area contributed by atoms with Crippen LogP contribution < -0.4 is 0 Å². The van der Waals surface area contributed by atoms with Gasteiger partial charge in [0.25, 0.3) is 0 Å².